The van der Waals surface area contributed by atoms with Crippen molar-refractivity contribution in [2.45, 2.75) is 26.9 Å². The number of imidazole rings is 1. The van der Waals surface area contributed by atoms with Crippen LogP contribution in [0.25, 0.3) is 10.9 Å². The topological polar surface area (TPSA) is 21.7 Å². The minimum atomic E-state index is 1.06. The molecule has 0 aliphatic carbocycles. The number of aryl methyl sites for hydroxylation is 2. The number of hydrogen-bond donors (Lipinski definition) is 0. The van der Waals surface area contributed by atoms with E-state index in [-0.39, 0.29) is 0 Å². The normalized spacial score (nSPS) is 10.0. The number of para-hydroxylation sites is 1. The minimum absolute atomic E-state index is 1.06. The maximum Gasteiger partial charge on any atom is 0.243 e. The first kappa shape index (κ1) is 13.3. The third-order valence-corrected chi connectivity index (χ3v) is 2.99. The summed E-state index contributed by atoms with van der Waals surface area (Å²) in [6, 6.07) is 12.1. The van der Waals surface area contributed by atoms with Crippen molar-refractivity contribution in [3.63, 3.8) is 0 Å². The molecule has 0 N–H and O–H groups in total. The molecule has 2 heterocycles. The average Bonchev–Trinajstić information content (AvgIpc) is 2.96. The van der Waals surface area contributed by atoms with Crippen molar-refractivity contribution in [1.29, 1.82) is 0 Å². The number of nitrogens with zero attached hydrogens (tertiary/aromatic N) is 3. The second-order valence-electron chi connectivity index (χ2n) is 4.27. The van der Waals surface area contributed by atoms with Crippen molar-refractivity contribution in [2.75, 3.05) is 0 Å². The van der Waals surface area contributed by atoms with Crippen molar-refractivity contribution in [3.05, 3.63) is 61.3 Å². The molecule has 0 saturated carbocycles. The lowest BCUT2D eigenvalue weighted by Gasteiger charge is -1.91. The van der Waals surface area contributed by atoms with Crippen LogP contribution in [-0.2, 0) is 13.1 Å². The van der Waals surface area contributed by atoms with Gasteiger partial charge < -0.3 is 0 Å². The zero-order valence-electron chi connectivity index (χ0n) is 11.5. The Kier molecular flexibility index (Phi) is 4.67. The van der Waals surface area contributed by atoms with E-state index in [0.717, 1.165) is 18.6 Å². The monoisotopic (exact) mass is 254 g/mol. The zero-order chi connectivity index (χ0) is 13.5. The van der Waals surface area contributed by atoms with Gasteiger partial charge in [0.15, 0.2) is 0 Å². The number of aromatic nitrogens is 3. The van der Waals surface area contributed by atoms with Gasteiger partial charge in [-0.3, -0.25) is 4.98 Å². The fourth-order valence-electron chi connectivity index (χ4n) is 1.83. The Labute approximate surface area is 114 Å². The first-order valence-electron chi connectivity index (χ1n) is 6.68. The van der Waals surface area contributed by atoms with E-state index in [4.69, 9.17) is 0 Å². The molecule has 0 amide bonds. The van der Waals surface area contributed by atoms with Crippen LogP contribution in [-0.4, -0.2) is 9.55 Å². The van der Waals surface area contributed by atoms with E-state index in [1.807, 2.05) is 30.5 Å². The lowest BCUT2D eigenvalue weighted by atomic mass is 10.2. The average molecular weight is 254 g/mol. The SMILES string of the molecule is CCn1cc[n+](CC)c1.c1ccc2ncccc2c1. The maximum absolute atomic E-state index is 4.18. The Bertz CT molecular complexity index is 544. The molecule has 3 nitrogen and oxygen atoms in total. The number of hydrogen-bond acceptors (Lipinski definition) is 1. The van der Waals surface area contributed by atoms with Crippen LogP contribution in [0.15, 0.2) is 61.3 Å². The van der Waals surface area contributed by atoms with Crippen molar-refractivity contribution in [3.8, 4) is 0 Å². The highest BCUT2D eigenvalue weighted by atomic mass is 15.1. The van der Waals surface area contributed by atoms with E-state index < -0.39 is 0 Å². The summed E-state index contributed by atoms with van der Waals surface area (Å²) >= 11 is 0. The van der Waals surface area contributed by atoms with Gasteiger partial charge in [-0.25, -0.2) is 9.13 Å². The van der Waals surface area contributed by atoms with Crippen LogP contribution in [0.1, 0.15) is 13.8 Å². The highest BCUT2D eigenvalue weighted by Crippen LogP contribution is 2.07. The second-order valence-corrected chi connectivity index (χ2v) is 4.27. The number of rotatable bonds is 2. The molecule has 0 atom stereocenters. The predicted octanol–water partition coefficient (Wildman–Crippen LogP) is 3.05. The van der Waals surface area contributed by atoms with Gasteiger partial charge in [-0.1, -0.05) is 24.3 Å². The maximum atomic E-state index is 4.18. The molecule has 98 valence electrons. The van der Waals surface area contributed by atoms with Crippen molar-refractivity contribution < 1.29 is 4.57 Å². The zero-order valence-corrected chi connectivity index (χ0v) is 11.5. The fourth-order valence-corrected chi connectivity index (χ4v) is 1.83. The number of benzene rings is 1. The third-order valence-electron chi connectivity index (χ3n) is 2.99. The highest BCUT2D eigenvalue weighted by molar-refractivity contribution is 5.77. The minimum Gasteiger partial charge on any atom is -0.256 e. The Morgan fingerprint density at radius 1 is 1.11 bits per heavy atom. The van der Waals surface area contributed by atoms with Gasteiger partial charge in [-0.15, -0.1) is 0 Å². The molecule has 0 fully saturated rings. The van der Waals surface area contributed by atoms with Gasteiger partial charge in [0, 0.05) is 11.6 Å². The second kappa shape index (κ2) is 6.69. The van der Waals surface area contributed by atoms with E-state index in [1.165, 1.54) is 5.39 Å². The molecule has 0 radical (unpaired) electrons. The van der Waals surface area contributed by atoms with Crippen molar-refractivity contribution in [2.24, 2.45) is 0 Å². The molecule has 0 unspecified atom stereocenters. The van der Waals surface area contributed by atoms with Crippen molar-refractivity contribution in [1.82, 2.24) is 9.55 Å². The standard InChI is InChI=1S/C9H7N.C7H13N2/c1-2-6-9-8(4-1)5-3-7-10-9;1-3-8-5-6-9(4-2)7-8/h1-7H;5-7H,3-4H2,1-2H3/q;+1. The smallest absolute Gasteiger partial charge is 0.243 e. The number of fused-ring (bicyclic) bond motifs is 1. The van der Waals surface area contributed by atoms with Crippen LogP contribution in [0.2, 0.25) is 0 Å². The Morgan fingerprint density at radius 2 is 1.89 bits per heavy atom. The molecule has 0 saturated heterocycles. The molecular formula is C16H20N3+. The summed E-state index contributed by atoms with van der Waals surface area (Å²) in [7, 11) is 0. The molecule has 0 aliphatic rings. The summed E-state index contributed by atoms with van der Waals surface area (Å²) in [5, 5.41) is 1.20. The van der Waals surface area contributed by atoms with Crippen LogP contribution in [0.5, 0.6) is 0 Å². The molecular weight excluding hydrogens is 234 g/mol. The summed E-state index contributed by atoms with van der Waals surface area (Å²) in [6.45, 7) is 6.40. The molecule has 0 spiro atoms. The summed E-state index contributed by atoms with van der Waals surface area (Å²) < 4.78 is 4.31. The van der Waals surface area contributed by atoms with E-state index in [2.05, 4.69) is 58.8 Å². The molecule has 19 heavy (non-hydrogen) atoms. The van der Waals surface area contributed by atoms with Gasteiger partial charge >= 0.3 is 0 Å². The van der Waals surface area contributed by atoms with Crippen LogP contribution in [0.4, 0.5) is 0 Å². The van der Waals surface area contributed by atoms with Gasteiger partial charge in [0.1, 0.15) is 12.4 Å². The lowest BCUT2D eigenvalue weighted by Crippen LogP contribution is -2.28. The van der Waals surface area contributed by atoms with Gasteiger partial charge in [-0.2, -0.15) is 0 Å². The van der Waals surface area contributed by atoms with Gasteiger partial charge in [0.2, 0.25) is 6.33 Å². The van der Waals surface area contributed by atoms with E-state index >= 15 is 0 Å². The molecule has 0 aliphatic heterocycles. The summed E-state index contributed by atoms with van der Waals surface area (Å²) in [6.07, 6.45) is 8.09. The summed E-state index contributed by atoms with van der Waals surface area (Å²) in [5.41, 5.74) is 1.06. The fraction of sp³-hybridized carbons (Fsp3) is 0.250. The molecule has 3 heteroatoms. The molecule has 3 aromatic rings. The third kappa shape index (κ3) is 3.65. The highest BCUT2D eigenvalue weighted by Gasteiger charge is 1.95. The van der Waals surface area contributed by atoms with Crippen LogP contribution < -0.4 is 4.57 Å². The van der Waals surface area contributed by atoms with E-state index in [9.17, 15) is 0 Å². The Balaban J connectivity index is 0.000000141. The first-order chi connectivity index (χ1) is 9.33. The largest absolute Gasteiger partial charge is 0.256 e. The summed E-state index contributed by atoms with van der Waals surface area (Å²) in [5.74, 6) is 0. The summed E-state index contributed by atoms with van der Waals surface area (Å²) in [4.78, 5) is 4.18. The molecule has 0 bridgehead atoms. The Hall–Kier alpha value is -2.16. The first-order valence-corrected chi connectivity index (χ1v) is 6.68. The number of pyridine rings is 1. The van der Waals surface area contributed by atoms with Gasteiger partial charge in [-0.05, 0) is 26.0 Å². The lowest BCUT2D eigenvalue weighted by molar-refractivity contribution is -0.693. The van der Waals surface area contributed by atoms with Crippen LogP contribution in [0, 0.1) is 0 Å². The van der Waals surface area contributed by atoms with Crippen LogP contribution in [0.3, 0.4) is 0 Å². The predicted molar refractivity (Wildman–Crippen MR) is 77.7 cm³/mol. The van der Waals surface area contributed by atoms with Gasteiger partial charge in [0.05, 0.1) is 18.6 Å². The van der Waals surface area contributed by atoms with E-state index in [0.29, 0.717) is 0 Å². The van der Waals surface area contributed by atoms with Gasteiger partial charge in [0.25, 0.3) is 0 Å². The molecule has 1 aromatic carbocycles. The molecule has 3 rings (SSSR count). The quantitative estimate of drug-likeness (QED) is 0.644. The molecule has 2 aromatic heterocycles. The van der Waals surface area contributed by atoms with E-state index in [1.54, 1.807) is 0 Å². The van der Waals surface area contributed by atoms with Crippen LogP contribution >= 0.6 is 0 Å². The van der Waals surface area contributed by atoms with Crippen molar-refractivity contribution >= 4 is 10.9 Å². The Morgan fingerprint density at radius 3 is 2.53 bits per heavy atom.